The highest BCUT2D eigenvalue weighted by Crippen LogP contribution is 2.13. The van der Waals surface area contributed by atoms with E-state index in [-0.39, 0.29) is 41.1 Å². The van der Waals surface area contributed by atoms with Crippen LogP contribution in [0.5, 0.6) is 0 Å². The maximum atomic E-state index is 12.9. The van der Waals surface area contributed by atoms with Crippen LogP contribution in [0.2, 0.25) is 0 Å². The number of Topliss-reactive ketones (excluding diaryl/α,β-unsaturated/α-hetero) is 1. The van der Waals surface area contributed by atoms with Gasteiger partial charge >= 0.3 is 6.03 Å². The van der Waals surface area contributed by atoms with Gasteiger partial charge in [-0.2, -0.15) is 11.8 Å². The van der Waals surface area contributed by atoms with Crippen LogP contribution in [-0.4, -0.2) is 72.1 Å². The van der Waals surface area contributed by atoms with Crippen molar-refractivity contribution in [2.24, 2.45) is 11.7 Å². The van der Waals surface area contributed by atoms with E-state index in [2.05, 4.69) is 21.3 Å². The third-order valence-electron chi connectivity index (χ3n) is 4.92. The Labute approximate surface area is 205 Å². The highest BCUT2D eigenvalue weighted by Gasteiger charge is 2.30. The lowest BCUT2D eigenvalue weighted by molar-refractivity contribution is -0.132. The molecule has 0 rings (SSSR count). The van der Waals surface area contributed by atoms with Crippen LogP contribution in [0.15, 0.2) is 0 Å². The molecule has 5 amide bonds. The summed E-state index contributed by atoms with van der Waals surface area (Å²) in [6, 6.07) is -2.18. The van der Waals surface area contributed by atoms with Gasteiger partial charge in [0.05, 0.1) is 11.3 Å². The van der Waals surface area contributed by atoms with E-state index in [1.54, 1.807) is 6.92 Å². The van der Waals surface area contributed by atoms with E-state index in [4.69, 9.17) is 17.3 Å². The number of nitrogens with two attached hydrogens (primary N) is 1. The van der Waals surface area contributed by atoms with Crippen LogP contribution in [0.1, 0.15) is 52.9 Å². The normalized spacial score (nSPS) is 13.5. The molecule has 0 spiro atoms. The highest BCUT2D eigenvalue weighted by molar-refractivity contribution is 7.99. The number of ketones is 1. The highest BCUT2D eigenvalue weighted by atomic mass is 35.5. The minimum Gasteiger partial charge on any atom is -0.355 e. The largest absolute Gasteiger partial charge is 0.355 e. The van der Waals surface area contributed by atoms with Crippen LogP contribution in [0.4, 0.5) is 4.79 Å². The van der Waals surface area contributed by atoms with Crippen molar-refractivity contribution < 1.29 is 24.0 Å². The molecule has 0 saturated heterocycles. The van der Waals surface area contributed by atoms with E-state index in [1.165, 1.54) is 11.8 Å². The summed E-state index contributed by atoms with van der Waals surface area (Å²) in [6.45, 7) is 6.10. The molecule has 0 bridgehead atoms. The molecule has 12 heteroatoms. The molecule has 33 heavy (non-hydrogen) atoms. The zero-order valence-electron chi connectivity index (χ0n) is 19.9. The number of primary amides is 1. The lowest BCUT2D eigenvalue weighted by atomic mass is 10.00. The second-order valence-electron chi connectivity index (χ2n) is 8.00. The van der Waals surface area contributed by atoms with Crippen LogP contribution in [0.3, 0.4) is 0 Å². The molecule has 190 valence electrons. The SMILES string of the molecule is CSC(C)C(=O)[C@H](CCCNC(N)=O)NC(=O)[C@@H](NC(=O)CCCCNC(=O)CCl)C(C)C. The molecular weight excluding hydrogens is 470 g/mol. The molecule has 1 unspecified atom stereocenters. The van der Waals surface area contributed by atoms with Gasteiger partial charge in [-0.25, -0.2) is 4.79 Å². The second-order valence-corrected chi connectivity index (χ2v) is 9.45. The van der Waals surface area contributed by atoms with E-state index in [9.17, 15) is 24.0 Å². The predicted molar refractivity (Wildman–Crippen MR) is 131 cm³/mol. The summed E-state index contributed by atoms with van der Waals surface area (Å²) in [5.41, 5.74) is 5.06. The Bertz CT molecular complexity index is 665. The summed E-state index contributed by atoms with van der Waals surface area (Å²) < 4.78 is 0. The predicted octanol–water partition coefficient (Wildman–Crippen LogP) is 0.906. The minimum absolute atomic E-state index is 0.105. The van der Waals surface area contributed by atoms with Gasteiger partial charge in [-0.05, 0) is 44.8 Å². The van der Waals surface area contributed by atoms with Crippen LogP contribution in [-0.2, 0) is 19.2 Å². The van der Waals surface area contributed by atoms with Gasteiger partial charge < -0.3 is 27.0 Å². The molecule has 0 aromatic heterocycles. The van der Waals surface area contributed by atoms with Crippen molar-refractivity contribution in [3.63, 3.8) is 0 Å². The topological polar surface area (TPSA) is 159 Å². The first-order valence-electron chi connectivity index (χ1n) is 11.1. The van der Waals surface area contributed by atoms with Crippen molar-refractivity contribution in [2.45, 2.75) is 70.2 Å². The Hall–Kier alpha value is -2.01. The summed E-state index contributed by atoms with van der Waals surface area (Å²) >= 11 is 6.78. The Kier molecular flexibility index (Phi) is 16.4. The molecule has 0 aromatic rings. The number of halogens is 1. The molecule has 0 aliphatic heterocycles. The lowest BCUT2D eigenvalue weighted by Gasteiger charge is -2.26. The fraction of sp³-hybridized carbons (Fsp3) is 0.762. The number of unbranched alkanes of at least 4 members (excludes halogenated alkanes) is 1. The van der Waals surface area contributed by atoms with E-state index in [0.717, 1.165) is 0 Å². The van der Waals surface area contributed by atoms with Crippen molar-refractivity contribution in [3.05, 3.63) is 0 Å². The third kappa shape index (κ3) is 14.0. The molecule has 0 fully saturated rings. The number of amides is 5. The van der Waals surface area contributed by atoms with Crippen molar-refractivity contribution in [2.75, 3.05) is 25.2 Å². The second kappa shape index (κ2) is 17.5. The maximum Gasteiger partial charge on any atom is 0.312 e. The summed E-state index contributed by atoms with van der Waals surface area (Å²) in [5.74, 6) is -1.39. The number of alkyl halides is 1. The molecule has 0 aromatic carbocycles. The van der Waals surface area contributed by atoms with Crippen molar-refractivity contribution >= 4 is 52.9 Å². The number of urea groups is 1. The minimum atomic E-state index is -0.794. The first-order chi connectivity index (χ1) is 15.5. The number of carbonyl (C=O) groups is 5. The number of carbonyl (C=O) groups excluding carboxylic acids is 5. The molecule has 0 radical (unpaired) electrons. The molecular formula is C21H38ClN5O5S. The Balaban J connectivity index is 4.88. The standard InChI is InChI=1S/C21H38ClN5O5S/c1-13(2)18(27-16(28)9-5-6-10-24-17(29)12-22)20(31)26-15(19(30)14(3)33-4)8-7-11-25-21(23)32/h13-15,18H,5-12H2,1-4H3,(H,24,29)(H,26,31)(H,27,28)(H3,23,25,32)/t14?,15-,18-/m0/s1. The number of nitrogens with one attached hydrogen (secondary N) is 4. The van der Waals surface area contributed by atoms with Gasteiger partial charge in [0, 0.05) is 19.5 Å². The molecule has 0 aliphatic carbocycles. The molecule has 3 atom stereocenters. The summed E-state index contributed by atoms with van der Waals surface area (Å²) in [5, 5.41) is 10.3. The fourth-order valence-electron chi connectivity index (χ4n) is 2.93. The molecule has 0 saturated carbocycles. The van der Waals surface area contributed by atoms with Gasteiger partial charge in [0.1, 0.15) is 11.9 Å². The Morgan fingerprint density at radius 3 is 2.09 bits per heavy atom. The van der Waals surface area contributed by atoms with Gasteiger partial charge in [0.25, 0.3) is 0 Å². The van der Waals surface area contributed by atoms with Crippen molar-refractivity contribution in [1.82, 2.24) is 21.3 Å². The lowest BCUT2D eigenvalue weighted by Crippen LogP contribution is -2.54. The van der Waals surface area contributed by atoms with Crippen LogP contribution < -0.4 is 27.0 Å². The van der Waals surface area contributed by atoms with Gasteiger partial charge in [-0.15, -0.1) is 11.6 Å². The number of hydrogen-bond acceptors (Lipinski definition) is 6. The Morgan fingerprint density at radius 1 is 0.909 bits per heavy atom. The van der Waals surface area contributed by atoms with Gasteiger partial charge in [-0.3, -0.25) is 19.2 Å². The third-order valence-corrected chi connectivity index (χ3v) is 6.10. The van der Waals surface area contributed by atoms with Crippen LogP contribution in [0.25, 0.3) is 0 Å². The first-order valence-corrected chi connectivity index (χ1v) is 12.9. The molecule has 0 aliphatic rings. The van der Waals surface area contributed by atoms with Crippen LogP contribution in [0, 0.1) is 5.92 Å². The van der Waals surface area contributed by atoms with Crippen molar-refractivity contribution in [3.8, 4) is 0 Å². The zero-order chi connectivity index (χ0) is 25.4. The van der Waals surface area contributed by atoms with Crippen LogP contribution >= 0.6 is 23.4 Å². The van der Waals surface area contributed by atoms with E-state index in [0.29, 0.717) is 38.8 Å². The number of hydrogen-bond donors (Lipinski definition) is 5. The smallest absolute Gasteiger partial charge is 0.312 e. The van der Waals surface area contributed by atoms with E-state index < -0.39 is 24.0 Å². The van der Waals surface area contributed by atoms with Crippen molar-refractivity contribution in [1.29, 1.82) is 0 Å². The average Bonchev–Trinajstić information content (AvgIpc) is 2.77. The zero-order valence-corrected chi connectivity index (χ0v) is 21.4. The average molecular weight is 508 g/mol. The maximum absolute atomic E-state index is 12.9. The molecule has 0 heterocycles. The van der Waals surface area contributed by atoms with Gasteiger partial charge in [0.2, 0.25) is 17.7 Å². The van der Waals surface area contributed by atoms with E-state index >= 15 is 0 Å². The van der Waals surface area contributed by atoms with Gasteiger partial charge in [-0.1, -0.05) is 13.8 Å². The molecule has 6 N–H and O–H groups in total. The quantitative estimate of drug-likeness (QED) is 0.145. The first kappa shape index (κ1) is 31.0. The van der Waals surface area contributed by atoms with Gasteiger partial charge in [0.15, 0.2) is 5.78 Å². The number of thioether (sulfide) groups is 1. The monoisotopic (exact) mass is 507 g/mol. The summed E-state index contributed by atoms with van der Waals surface area (Å²) in [4.78, 5) is 60.0. The summed E-state index contributed by atoms with van der Waals surface area (Å²) in [6.07, 6.45) is 3.96. The Morgan fingerprint density at radius 2 is 1.55 bits per heavy atom. The fourth-order valence-corrected chi connectivity index (χ4v) is 3.42. The number of rotatable bonds is 17. The summed E-state index contributed by atoms with van der Waals surface area (Å²) in [7, 11) is 0. The van der Waals surface area contributed by atoms with E-state index in [1.807, 2.05) is 20.1 Å². The molecule has 10 nitrogen and oxygen atoms in total.